The summed E-state index contributed by atoms with van der Waals surface area (Å²) in [6.07, 6.45) is 1.70. The van der Waals surface area contributed by atoms with Crippen molar-refractivity contribution in [3.8, 4) is 5.75 Å². The minimum absolute atomic E-state index is 0.334. The van der Waals surface area contributed by atoms with Crippen molar-refractivity contribution in [2.75, 3.05) is 6.61 Å². The summed E-state index contributed by atoms with van der Waals surface area (Å²) in [6.45, 7) is 3.43. The molecule has 2 aromatic carbocycles. The molecule has 2 amide bonds. The summed E-state index contributed by atoms with van der Waals surface area (Å²) in [5.74, 6) is 0.422. The quantitative estimate of drug-likeness (QED) is 0.671. The van der Waals surface area contributed by atoms with Gasteiger partial charge in [-0.3, -0.25) is 14.9 Å². The fourth-order valence-electron chi connectivity index (χ4n) is 3.13. The van der Waals surface area contributed by atoms with Gasteiger partial charge in [0.25, 0.3) is 11.1 Å². The molecule has 0 aliphatic carbocycles. The topological polar surface area (TPSA) is 60.3 Å². The van der Waals surface area contributed by atoms with Gasteiger partial charge in [0.1, 0.15) is 12.4 Å². The average Bonchev–Trinajstić information content (AvgIpc) is 3.14. The summed E-state index contributed by atoms with van der Waals surface area (Å²) in [5.41, 5.74) is 3.27. The van der Waals surface area contributed by atoms with Gasteiger partial charge in [0.05, 0.1) is 11.4 Å². The lowest BCUT2D eigenvalue weighted by atomic mass is 10.2. The lowest BCUT2D eigenvalue weighted by molar-refractivity contribution is -0.115. The minimum atomic E-state index is -0.348. The molecule has 5 nitrogen and oxygen atoms in total. The molecule has 27 heavy (non-hydrogen) atoms. The number of thioether (sulfide) groups is 1. The van der Waals surface area contributed by atoms with Crippen LogP contribution in [0.4, 0.5) is 4.79 Å². The highest BCUT2D eigenvalue weighted by Gasteiger charge is 2.24. The molecule has 1 aromatic heterocycles. The number of carbonyl (C=O) groups excluding carboxylic acids is 2. The Kier molecular flexibility index (Phi) is 4.73. The van der Waals surface area contributed by atoms with Gasteiger partial charge in [-0.1, -0.05) is 30.3 Å². The number of rotatable bonds is 5. The second-order valence-corrected chi connectivity index (χ2v) is 7.28. The fraction of sp³-hybridized carbons (Fsp3) is 0.143. The van der Waals surface area contributed by atoms with Crippen molar-refractivity contribution in [1.82, 2.24) is 9.88 Å². The SMILES string of the molecule is Cc1cc2ccccc2n1CCOc1ccc(/C=C2\SC(=O)NC2=O)cc1. The van der Waals surface area contributed by atoms with Crippen molar-refractivity contribution in [3.63, 3.8) is 0 Å². The van der Waals surface area contributed by atoms with Crippen LogP contribution in [0.15, 0.2) is 59.5 Å². The summed E-state index contributed by atoms with van der Waals surface area (Å²) in [7, 11) is 0. The predicted octanol–water partition coefficient (Wildman–Crippen LogP) is 4.35. The third-order valence-electron chi connectivity index (χ3n) is 4.42. The molecule has 4 rings (SSSR count). The number of aromatic nitrogens is 1. The maximum atomic E-state index is 11.6. The number of fused-ring (bicyclic) bond motifs is 1. The molecule has 0 saturated carbocycles. The second kappa shape index (κ2) is 7.32. The van der Waals surface area contributed by atoms with E-state index in [1.807, 2.05) is 36.4 Å². The number of hydrogen-bond donors (Lipinski definition) is 1. The zero-order chi connectivity index (χ0) is 18.8. The van der Waals surface area contributed by atoms with Gasteiger partial charge in [0.15, 0.2) is 0 Å². The van der Waals surface area contributed by atoms with E-state index >= 15 is 0 Å². The molecule has 136 valence electrons. The number of benzene rings is 2. The van der Waals surface area contributed by atoms with Gasteiger partial charge in [0, 0.05) is 11.2 Å². The van der Waals surface area contributed by atoms with Crippen LogP contribution in [0, 0.1) is 6.92 Å². The molecule has 1 N–H and O–H groups in total. The van der Waals surface area contributed by atoms with E-state index in [1.165, 1.54) is 16.6 Å². The van der Waals surface area contributed by atoms with Gasteiger partial charge in [-0.2, -0.15) is 0 Å². The number of nitrogens with zero attached hydrogens (tertiary/aromatic N) is 1. The highest BCUT2D eigenvalue weighted by Crippen LogP contribution is 2.26. The van der Waals surface area contributed by atoms with Gasteiger partial charge in [0.2, 0.25) is 0 Å². The third kappa shape index (κ3) is 3.75. The number of hydrogen-bond acceptors (Lipinski definition) is 4. The van der Waals surface area contributed by atoms with E-state index in [0.29, 0.717) is 11.5 Å². The van der Waals surface area contributed by atoms with E-state index in [9.17, 15) is 9.59 Å². The van der Waals surface area contributed by atoms with E-state index in [2.05, 4.69) is 35.0 Å². The Bertz CT molecular complexity index is 1050. The number of nitrogens with one attached hydrogen (secondary N) is 1. The molecule has 0 radical (unpaired) electrons. The van der Waals surface area contributed by atoms with E-state index in [0.717, 1.165) is 29.6 Å². The van der Waals surface area contributed by atoms with E-state index in [4.69, 9.17) is 4.74 Å². The molecular formula is C21H18N2O3S. The first-order valence-corrected chi connectivity index (χ1v) is 9.44. The van der Waals surface area contributed by atoms with E-state index in [1.54, 1.807) is 6.08 Å². The first-order valence-electron chi connectivity index (χ1n) is 8.63. The maximum Gasteiger partial charge on any atom is 0.290 e. The molecule has 6 heteroatoms. The summed E-state index contributed by atoms with van der Waals surface area (Å²) < 4.78 is 8.12. The Morgan fingerprint density at radius 2 is 1.89 bits per heavy atom. The van der Waals surface area contributed by atoms with Crippen molar-refractivity contribution in [3.05, 3.63) is 70.8 Å². The molecule has 1 aliphatic rings. The second-order valence-electron chi connectivity index (χ2n) is 6.27. The Morgan fingerprint density at radius 3 is 2.63 bits per heavy atom. The molecule has 1 fully saturated rings. The van der Waals surface area contributed by atoms with Crippen LogP contribution in [0.5, 0.6) is 5.75 Å². The van der Waals surface area contributed by atoms with Crippen molar-refractivity contribution in [2.24, 2.45) is 0 Å². The number of imide groups is 1. The first-order chi connectivity index (χ1) is 13.1. The zero-order valence-corrected chi connectivity index (χ0v) is 15.6. The molecule has 3 aromatic rings. The molecule has 0 spiro atoms. The van der Waals surface area contributed by atoms with Crippen molar-refractivity contribution < 1.29 is 14.3 Å². The Morgan fingerprint density at radius 1 is 1.11 bits per heavy atom. The van der Waals surface area contributed by atoms with Crippen LogP contribution in [-0.2, 0) is 11.3 Å². The highest BCUT2D eigenvalue weighted by atomic mass is 32.2. The Hall–Kier alpha value is -2.99. The maximum absolute atomic E-state index is 11.6. The molecule has 0 unspecified atom stereocenters. The summed E-state index contributed by atoms with van der Waals surface area (Å²) in [6, 6.07) is 18.0. The van der Waals surface area contributed by atoms with Gasteiger partial charge in [-0.05, 0) is 60.0 Å². The van der Waals surface area contributed by atoms with Crippen LogP contribution in [0.2, 0.25) is 0 Å². The van der Waals surface area contributed by atoms with Crippen molar-refractivity contribution in [2.45, 2.75) is 13.5 Å². The van der Waals surface area contributed by atoms with Gasteiger partial charge in [-0.15, -0.1) is 0 Å². The molecular weight excluding hydrogens is 360 g/mol. The van der Waals surface area contributed by atoms with Crippen molar-refractivity contribution >= 4 is 39.9 Å². The first kappa shape index (κ1) is 17.4. The number of para-hydroxylation sites is 1. The summed E-state index contributed by atoms with van der Waals surface area (Å²) >= 11 is 0.915. The standard InChI is InChI=1S/C21H18N2O3S/c1-14-12-16-4-2-3-5-18(16)23(14)10-11-26-17-8-6-15(7-9-17)13-19-20(24)22-21(25)27-19/h2-9,12-13H,10-11H2,1H3,(H,22,24,25)/b19-13-. The predicted molar refractivity (Wildman–Crippen MR) is 108 cm³/mol. The van der Waals surface area contributed by atoms with E-state index < -0.39 is 0 Å². The molecule has 0 bridgehead atoms. The minimum Gasteiger partial charge on any atom is -0.492 e. The monoisotopic (exact) mass is 378 g/mol. The van der Waals surface area contributed by atoms with Gasteiger partial charge >= 0.3 is 0 Å². The normalized spacial score (nSPS) is 15.5. The van der Waals surface area contributed by atoms with Crippen LogP contribution in [0.25, 0.3) is 17.0 Å². The highest BCUT2D eigenvalue weighted by molar-refractivity contribution is 8.18. The Labute approximate surface area is 161 Å². The van der Waals surface area contributed by atoms with Gasteiger partial charge < -0.3 is 9.30 Å². The van der Waals surface area contributed by atoms with Crippen LogP contribution in [0.3, 0.4) is 0 Å². The molecule has 1 aliphatic heterocycles. The van der Waals surface area contributed by atoms with Crippen LogP contribution >= 0.6 is 11.8 Å². The zero-order valence-electron chi connectivity index (χ0n) is 14.8. The molecule has 0 atom stereocenters. The number of amides is 2. The lowest BCUT2D eigenvalue weighted by Gasteiger charge is -2.10. The number of aryl methyl sites for hydroxylation is 1. The summed E-state index contributed by atoms with van der Waals surface area (Å²) in [4.78, 5) is 23.2. The fourth-order valence-corrected chi connectivity index (χ4v) is 3.81. The van der Waals surface area contributed by atoms with Crippen LogP contribution < -0.4 is 10.1 Å². The summed E-state index contributed by atoms with van der Waals surface area (Å²) in [5, 5.41) is 3.15. The number of carbonyl (C=O) groups is 2. The molecule has 1 saturated heterocycles. The van der Waals surface area contributed by atoms with Crippen molar-refractivity contribution in [1.29, 1.82) is 0 Å². The van der Waals surface area contributed by atoms with Crippen LogP contribution in [0.1, 0.15) is 11.3 Å². The Balaban J connectivity index is 1.39. The average molecular weight is 378 g/mol. The van der Waals surface area contributed by atoms with Gasteiger partial charge in [-0.25, -0.2) is 0 Å². The third-order valence-corrected chi connectivity index (χ3v) is 5.23. The number of ether oxygens (including phenoxy) is 1. The largest absolute Gasteiger partial charge is 0.492 e. The van der Waals surface area contributed by atoms with Crippen LogP contribution in [-0.4, -0.2) is 22.3 Å². The van der Waals surface area contributed by atoms with E-state index in [-0.39, 0.29) is 11.1 Å². The lowest BCUT2D eigenvalue weighted by Crippen LogP contribution is -2.17. The smallest absolute Gasteiger partial charge is 0.290 e. The molecule has 2 heterocycles.